The van der Waals surface area contributed by atoms with Crippen LogP contribution < -0.4 is 0 Å². The smallest absolute Gasteiger partial charge is 0.0897 e. The number of hydrogen-bond donors (Lipinski definition) is 1. The van der Waals surface area contributed by atoms with E-state index in [-0.39, 0.29) is 0 Å². The van der Waals surface area contributed by atoms with Gasteiger partial charge in [0.1, 0.15) is 0 Å². The maximum absolute atomic E-state index is 10.2. The van der Waals surface area contributed by atoms with E-state index in [0.717, 1.165) is 16.4 Å². The highest BCUT2D eigenvalue weighted by atomic mass is 32.1. The molecule has 0 amide bonds. The molecular formula is C16H23N3OS. The zero-order valence-corrected chi connectivity index (χ0v) is 13.4. The molecule has 5 heteroatoms. The van der Waals surface area contributed by atoms with Crippen LogP contribution in [0.1, 0.15) is 54.5 Å². The third-order valence-electron chi connectivity index (χ3n) is 4.17. The number of aliphatic hydroxyl groups excluding tert-OH is 1. The first-order chi connectivity index (χ1) is 10.2. The molecule has 1 saturated carbocycles. The second-order valence-electron chi connectivity index (χ2n) is 6.00. The van der Waals surface area contributed by atoms with Crippen molar-refractivity contribution in [3.8, 4) is 0 Å². The zero-order chi connectivity index (χ0) is 14.7. The van der Waals surface area contributed by atoms with E-state index in [1.54, 1.807) is 11.3 Å². The van der Waals surface area contributed by atoms with Gasteiger partial charge in [0.05, 0.1) is 28.5 Å². The van der Waals surface area contributed by atoms with Gasteiger partial charge < -0.3 is 5.11 Å². The summed E-state index contributed by atoms with van der Waals surface area (Å²) in [6, 6.07) is 2.61. The number of thiazole rings is 1. The van der Waals surface area contributed by atoms with Crippen LogP contribution in [0, 0.1) is 6.92 Å². The van der Waals surface area contributed by atoms with Crippen molar-refractivity contribution >= 4 is 11.3 Å². The van der Waals surface area contributed by atoms with E-state index in [1.807, 2.05) is 18.4 Å². The molecule has 1 fully saturated rings. The second-order valence-corrected chi connectivity index (χ2v) is 7.06. The Kier molecular flexibility index (Phi) is 4.70. The van der Waals surface area contributed by atoms with Crippen molar-refractivity contribution in [3.05, 3.63) is 34.0 Å². The molecule has 1 atom stereocenters. The number of rotatable bonds is 5. The van der Waals surface area contributed by atoms with Gasteiger partial charge in [-0.25, -0.2) is 4.98 Å². The van der Waals surface area contributed by atoms with Gasteiger partial charge in [-0.05, 0) is 25.8 Å². The molecule has 1 N–H and O–H groups in total. The van der Waals surface area contributed by atoms with Crippen molar-refractivity contribution < 1.29 is 5.11 Å². The SMILES string of the molecule is Cc1nc(CC(O)Cc2ccn(C3CCCCC3)n2)cs1. The van der Waals surface area contributed by atoms with Gasteiger partial charge in [-0.15, -0.1) is 11.3 Å². The standard InChI is InChI=1S/C16H23N3OS/c1-12-17-14(11-21-12)10-16(20)9-13-7-8-19(18-13)15-5-3-2-4-6-15/h7-8,11,15-16,20H,2-6,9-10H2,1H3. The Balaban J connectivity index is 1.56. The Hall–Kier alpha value is -1.20. The van der Waals surface area contributed by atoms with E-state index in [9.17, 15) is 5.11 Å². The van der Waals surface area contributed by atoms with Gasteiger partial charge in [-0.1, -0.05) is 19.3 Å². The monoisotopic (exact) mass is 305 g/mol. The van der Waals surface area contributed by atoms with Crippen LogP contribution in [0.5, 0.6) is 0 Å². The summed E-state index contributed by atoms with van der Waals surface area (Å²) in [5.74, 6) is 0. The fourth-order valence-electron chi connectivity index (χ4n) is 3.09. The second kappa shape index (κ2) is 6.71. The predicted molar refractivity (Wildman–Crippen MR) is 84.6 cm³/mol. The molecule has 4 nitrogen and oxygen atoms in total. The van der Waals surface area contributed by atoms with Crippen LogP contribution >= 0.6 is 11.3 Å². The summed E-state index contributed by atoms with van der Waals surface area (Å²) in [4.78, 5) is 4.40. The third-order valence-corrected chi connectivity index (χ3v) is 4.99. The van der Waals surface area contributed by atoms with Crippen LogP contribution in [0.2, 0.25) is 0 Å². The lowest BCUT2D eigenvalue weighted by atomic mass is 9.96. The molecule has 2 aromatic rings. The minimum Gasteiger partial charge on any atom is -0.392 e. The molecule has 0 bridgehead atoms. The molecule has 0 spiro atoms. The number of hydrogen-bond acceptors (Lipinski definition) is 4. The number of aliphatic hydroxyl groups is 1. The molecule has 1 aliphatic rings. The normalized spacial score (nSPS) is 18.0. The molecule has 3 rings (SSSR count). The first kappa shape index (κ1) is 14.7. The first-order valence-corrected chi connectivity index (χ1v) is 8.72. The van der Waals surface area contributed by atoms with Gasteiger partial charge in [-0.3, -0.25) is 4.68 Å². The highest BCUT2D eigenvalue weighted by Gasteiger charge is 2.17. The van der Waals surface area contributed by atoms with E-state index in [1.165, 1.54) is 32.1 Å². The van der Waals surface area contributed by atoms with E-state index in [4.69, 9.17) is 0 Å². The molecule has 0 saturated heterocycles. The lowest BCUT2D eigenvalue weighted by molar-refractivity contribution is 0.172. The van der Waals surface area contributed by atoms with Crippen molar-refractivity contribution in [3.63, 3.8) is 0 Å². The lowest BCUT2D eigenvalue weighted by Gasteiger charge is -2.21. The number of nitrogens with zero attached hydrogens (tertiary/aromatic N) is 3. The van der Waals surface area contributed by atoms with Crippen molar-refractivity contribution in [1.29, 1.82) is 0 Å². The minimum absolute atomic E-state index is 0.402. The van der Waals surface area contributed by atoms with Gasteiger partial charge in [0.25, 0.3) is 0 Å². The maximum Gasteiger partial charge on any atom is 0.0897 e. The molecule has 0 aromatic carbocycles. The first-order valence-electron chi connectivity index (χ1n) is 7.84. The predicted octanol–water partition coefficient (Wildman–Crippen LogP) is 3.30. The Bertz CT molecular complexity index is 572. The summed E-state index contributed by atoms with van der Waals surface area (Å²) in [5.41, 5.74) is 1.97. The summed E-state index contributed by atoms with van der Waals surface area (Å²) in [6.45, 7) is 1.99. The lowest BCUT2D eigenvalue weighted by Crippen LogP contribution is -2.16. The van der Waals surface area contributed by atoms with Crippen LogP contribution in [0.4, 0.5) is 0 Å². The molecule has 1 aliphatic carbocycles. The highest BCUT2D eigenvalue weighted by Crippen LogP contribution is 2.27. The Morgan fingerprint density at radius 1 is 1.29 bits per heavy atom. The fourth-order valence-corrected chi connectivity index (χ4v) is 3.72. The van der Waals surface area contributed by atoms with Crippen LogP contribution in [0.3, 0.4) is 0 Å². The molecule has 0 aliphatic heterocycles. The van der Waals surface area contributed by atoms with E-state index in [2.05, 4.69) is 21.0 Å². The summed E-state index contributed by atoms with van der Waals surface area (Å²) >= 11 is 1.63. The van der Waals surface area contributed by atoms with Gasteiger partial charge in [0, 0.05) is 24.4 Å². The molecule has 114 valence electrons. The van der Waals surface area contributed by atoms with Crippen molar-refractivity contribution in [2.24, 2.45) is 0 Å². The quantitative estimate of drug-likeness (QED) is 0.922. The van der Waals surface area contributed by atoms with Gasteiger partial charge in [0.2, 0.25) is 0 Å². The van der Waals surface area contributed by atoms with Crippen LogP contribution in [-0.2, 0) is 12.8 Å². The Labute approximate surface area is 129 Å². The highest BCUT2D eigenvalue weighted by molar-refractivity contribution is 7.09. The van der Waals surface area contributed by atoms with E-state index >= 15 is 0 Å². The van der Waals surface area contributed by atoms with Crippen molar-refractivity contribution in [2.75, 3.05) is 0 Å². The van der Waals surface area contributed by atoms with E-state index in [0.29, 0.717) is 18.9 Å². The van der Waals surface area contributed by atoms with Gasteiger partial charge in [0.15, 0.2) is 0 Å². The topological polar surface area (TPSA) is 50.9 Å². The molecule has 0 radical (unpaired) electrons. The maximum atomic E-state index is 10.2. The largest absolute Gasteiger partial charge is 0.392 e. The summed E-state index contributed by atoms with van der Waals surface area (Å²) in [7, 11) is 0. The Morgan fingerprint density at radius 3 is 2.76 bits per heavy atom. The summed E-state index contributed by atoms with van der Waals surface area (Å²) in [6.07, 6.45) is 9.35. The van der Waals surface area contributed by atoms with Crippen molar-refractivity contribution in [1.82, 2.24) is 14.8 Å². The average Bonchev–Trinajstić information content (AvgIpc) is 3.09. The molecule has 1 unspecified atom stereocenters. The summed E-state index contributed by atoms with van der Waals surface area (Å²) in [5, 5.41) is 17.9. The molecule has 2 aromatic heterocycles. The molecular weight excluding hydrogens is 282 g/mol. The third kappa shape index (κ3) is 3.92. The van der Waals surface area contributed by atoms with E-state index < -0.39 is 6.10 Å². The van der Waals surface area contributed by atoms with Crippen LogP contribution in [-0.4, -0.2) is 26.0 Å². The van der Waals surface area contributed by atoms with Gasteiger partial charge in [-0.2, -0.15) is 5.10 Å². The molecule has 21 heavy (non-hydrogen) atoms. The fraction of sp³-hybridized carbons (Fsp3) is 0.625. The van der Waals surface area contributed by atoms with Crippen molar-refractivity contribution in [2.45, 2.75) is 64.0 Å². The summed E-state index contributed by atoms with van der Waals surface area (Å²) < 4.78 is 2.11. The molecule has 2 heterocycles. The zero-order valence-electron chi connectivity index (χ0n) is 12.5. The average molecular weight is 305 g/mol. The van der Waals surface area contributed by atoms with Crippen LogP contribution in [0.15, 0.2) is 17.6 Å². The number of aryl methyl sites for hydroxylation is 1. The van der Waals surface area contributed by atoms with Gasteiger partial charge >= 0.3 is 0 Å². The number of aromatic nitrogens is 3. The van der Waals surface area contributed by atoms with Crippen LogP contribution in [0.25, 0.3) is 0 Å². The minimum atomic E-state index is -0.402. The Morgan fingerprint density at radius 2 is 2.05 bits per heavy atom.